The van der Waals surface area contributed by atoms with E-state index in [1.807, 2.05) is 91.0 Å². The predicted molar refractivity (Wildman–Crippen MR) is 149 cm³/mol. The molecule has 0 radical (unpaired) electrons. The normalized spacial score (nSPS) is 17.2. The molecule has 0 aliphatic carbocycles. The highest BCUT2D eigenvalue weighted by Crippen LogP contribution is 2.29. The molecule has 2 N–H and O–H groups in total. The third kappa shape index (κ3) is 8.61. The van der Waals surface area contributed by atoms with Gasteiger partial charge in [-0.05, 0) is 36.5 Å². The second-order valence-corrected chi connectivity index (χ2v) is 10.2. The standard InChI is InChI=1S/C32H34N2O6/c1-32(22-40-32)29(36)28(18-24-13-7-3-8-14-24)34-30(37)26(17-23-11-5-2-6-12-23)19-27(35)20-33-31(38)39-21-25-15-9-4-10-16-25/h2-16,26,28H,17-22H2,1H3,(H,33,38)(H,34,37)/t26-,28+,32?/m1/s1. The average Bonchev–Trinajstić information content (AvgIpc) is 3.73. The summed E-state index contributed by atoms with van der Waals surface area (Å²) in [6.45, 7) is 1.84. The zero-order valence-electron chi connectivity index (χ0n) is 22.5. The van der Waals surface area contributed by atoms with E-state index in [0.717, 1.165) is 16.7 Å². The van der Waals surface area contributed by atoms with Gasteiger partial charge >= 0.3 is 6.09 Å². The van der Waals surface area contributed by atoms with Gasteiger partial charge in [0.2, 0.25) is 5.91 Å². The summed E-state index contributed by atoms with van der Waals surface area (Å²) in [5, 5.41) is 5.38. The number of rotatable bonds is 14. The van der Waals surface area contributed by atoms with Gasteiger partial charge in [-0.15, -0.1) is 0 Å². The van der Waals surface area contributed by atoms with Gasteiger partial charge in [0.05, 0.1) is 19.2 Å². The van der Waals surface area contributed by atoms with Crippen LogP contribution in [0.15, 0.2) is 91.0 Å². The summed E-state index contributed by atoms with van der Waals surface area (Å²) in [4.78, 5) is 51.8. The SMILES string of the molecule is CC1(C(=O)[C@H](Cc2ccccc2)NC(=O)[C@@H](CC(=O)CNC(=O)OCc2ccccc2)Cc2ccccc2)CO1. The number of carbonyl (C=O) groups is 4. The molecule has 0 bridgehead atoms. The van der Waals surface area contributed by atoms with E-state index in [2.05, 4.69) is 10.6 Å². The molecular formula is C32H34N2O6. The van der Waals surface area contributed by atoms with Gasteiger partial charge in [0.1, 0.15) is 12.2 Å². The van der Waals surface area contributed by atoms with E-state index in [1.54, 1.807) is 6.92 Å². The Morgan fingerprint density at radius 3 is 1.90 bits per heavy atom. The first-order chi connectivity index (χ1) is 19.3. The molecule has 40 heavy (non-hydrogen) atoms. The molecule has 4 rings (SSSR count). The second kappa shape index (κ2) is 13.7. The number of benzene rings is 3. The van der Waals surface area contributed by atoms with Crippen LogP contribution in [0.4, 0.5) is 4.79 Å². The minimum atomic E-state index is -0.915. The smallest absolute Gasteiger partial charge is 0.407 e. The van der Waals surface area contributed by atoms with Crippen LogP contribution in [0.3, 0.4) is 0 Å². The maximum atomic E-state index is 13.6. The highest BCUT2D eigenvalue weighted by atomic mass is 16.6. The second-order valence-electron chi connectivity index (χ2n) is 10.2. The van der Waals surface area contributed by atoms with Crippen molar-refractivity contribution in [2.75, 3.05) is 13.2 Å². The third-order valence-electron chi connectivity index (χ3n) is 6.83. The maximum absolute atomic E-state index is 13.6. The van der Waals surface area contributed by atoms with E-state index < -0.39 is 29.6 Å². The number of ether oxygens (including phenoxy) is 2. The first kappa shape index (κ1) is 28.7. The van der Waals surface area contributed by atoms with Gasteiger partial charge in [-0.25, -0.2) is 4.79 Å². The van der Waals surface area contributed by atoms with Crippen LogP contribution in [-0.2, 0) is 43.3 Å². The lowest BCUT2D eigenvalue weighted by molar-refractivity contribution is -0.133. The number of amides is 2. The van der Waals surface area contributed by atoms with Crippen LogP contribution in [0.2, 0.25) is 0 Å². The van der Waals surface area contributed by atoms with Gasteiger partial charge in [-0.3, -0.25) is 14.4 Å². The predicted octanol–water partition coefficient (Wildman–Crippen LogP) is 3.82. The number of alkyl carbamates (subject to hydrolysis) is 1. The van der Waals surface area contributed by atoms with Crippen LogP contribution >= 0.6 is 0 Å². The molecule has 1 aliphatic rings. The number of hydrogen-bond acceptors (Lipinski definition) is 6. The van der Waals surface area contributed by atoms with Gasteiger partial charge in [0.25, 0.3) is 0 Å². The Hall–Kier alpha value is -4.30. The quantitative estimate of drug-likeness (QED) is 0.300. The van der Waals surface area contributed by atoms with Crippen molar-refractivity contribution in [3.63, 3.8) is 0 Å². The highest BCUT2D eigenvalue weighted by molar-refractivity contribution is 5.97. The molecule has 0 spiro atoms. The maximum Gasteiger partial charge on any atom is 0.407 e. The van der Waals surface area contributed by atoms with E-state index in [0.29, 0.717) is 19.4 Å². The first-order valence-corrected chi connectivity index (χ1v) is 13.3. The molecule has 8 heteroatoms. The van der Waals surface area contributed by atoms with E-state index in [1.165, 1.54) is 0 Å². The molecule has 1 unspecified atom stereocenters. The van der Waals surface area contributed by atoms with E-state index in [-0.39, 0.29) is 31.1 Å². The molecular weight excluding hydrogens is 508 g/mol. The number of carbonyl (C=O) groups excluding carboxylic acids is 4. The lowest BCUT2D eigenvalue weighted by Crippen LogP contribution is -2.49. The number of epoxide rings is 1. The van der Waals surface area contributed by atoms with Gasteiger partial charge in [-0.1, -0.05) is 91.0 Å². The van der Waals surface area contributed by atoms with Gasteiger partial charge in [0, 0.05) is 12.3 Å². The Morgan fingerprint density at radius 1 is 0.825 bits per heavy atom. The molecule has 1 heterocycles. The average molecular weight is 543 g/mol. The molecule has 3 aromatic carbocycles. The fraction of sp³-hybridized carbons (Fsp3) is 0.312. The van der Waals surface area contributed by atoms with Crippen molar-refractivity contribution in [1.82, 2.24) is 10.6 Å². The van der Waals surface area contributed by atoms with Crippen LogP contribution in [-0.4, -0.2) is 48.4 Å². The van der Waals surface area contributed by atoms with Crippen molar-refractivity contribution < 1.29 is 28.7 Å². The molecule has 8 nitrogen and oxygen atoms in total. The van der Waals surface area contributed by atoms with Crippen LogP contribution in [0.1, 0.15) is 30.0 Å². The summed E-state index contributed by atoms with van der Waals surface area (Å²) in [6, 6.07) is 27.2. The van der Waals surface area contributed by atoms with Crippen molar-refractivity contribution >= 4 is 23.6 Å². The summed E-state index contributed by atoms with van der Waals surface area (Å²) >= 11 is 0. The fourth-order valence-electron chi connectivity index (χ4n) is 4.42. The Labute approximate surface area is 234 Å². The number of Topliss-reactive ketones (excluding diaryl/α,β-unsaturated/α-hetero) is 2. The Balaban J connectivity index is 1.39. The van der Waals surface area contributed by atoms with E-state index >= 15 is 0 Å². The molecule has 2 amide bonds. The lowest BCUT2D eigenvalue weighted by Gasteiger charge is -2.23. The van der Waals surface area contributed by atoms with Gasteiger partial charge in [0.15, 0.2) is 11.6 Å². The number of ketones is 2. The summed E-state index contributed by atoms with van der Waals surface area (Å²) < 4.78 is 10.5. The minimum Gasteiger partial charge on any atom is -0.445 e. The van der Waals surface area contributed by atoms with Crippen LogP contribution in [0, 0.1) is 5.92 Å². The fourth-order valence-corrected chi connectivity index (χ4v) is 4.42. The Kier molecular flexibility index (Phi) is 9.81. The highest BCUT2D eigenvalue weighted by Gasteiger charge is 2.50. The summed E-state index contributed by atoms with van der Waals surface area (Å²) in [5.74, 6) is -1.66. The van der Waals surface area contributed by atoms with Crippen LogP contribution in [0.25, 0.3) is 0 Å². The van der Waals surface area contributed by atoms with Crippen molar-refractivity contribution in [1.29, 1.82) is 0 Å². The zero-order valence-corrected chi connectivity index (χ0v) is 22.5. The number of nitrogens with one attached hydrogen (secondary N) is 2. The topological polar surface area (TPSA) is 114 Å². The molecule has 1 saturated heterocycles. The lowest BCUT2D eigenvalue weighted by atomic mass is 9.91. The van der Waals surface area contributed by atoms with Gasteiger partial charge in [-0.2, -0.15) is 0 Å². The van der Waals surface area contributed by atoms with Crippen molar-refractivity contribution in [2.45, 2.75) is 44.4 Å². The largest absolute Gasteiger partial charge is 0.445 e. The number of hydrogen-bond donors (Lipinski definition) is 2. The van der Waals surface area contributed by atoms with Crippen molar-refractivity contribution in [2.24, 2.45) is 5.92 Å². The third-order valence-corrected chi connectivity index (χ3v) is 6.83. The van der Waals surface area contributed by atoms with E-state index in [4.69, 9.17) is 9.47 Å². The van der Waals surface area contributed by atoms with E-state index in [9.17, 15) is 19.2 Å². The molecule has 3 aromatic rings. The summed E-state index contributed by atoms with van der Waals surface area (Å²) in [5.41, 5.74) is 1.70. The molecule has 0 saturated carbocycles. The Bertz CT molecular complexity index is 1290. The van der Waals surface area contributed by atoms with Crippen molar-refractivity contribution in [3.8, 4) is 0 Å². The summed E-state index contributed by atoms with van der Waals surface area (Å²) in [7, 11) is 0. The molecule has 1 fully saturated rings. The monoisotopic (exact) mass is 542 g/mol. The Morgan fingerprint density at radius 2 is 1.35 bits per heavy atom. The first-order valence-electron chi connectivity index (χ1n) is 13.3. The molecule has 0 aromatic heterocycles. The zero-order chi connectivity index (χ0) is 28.4. The van der Waals surface area contributed by atoms with Crippen LogP contribution in [0.5, 0.6) is 0 Å². The summed E-state index contributed by atoms with van der Waals surface area (Å²) in [6.07, 6.45) is -0.214. The molecule has 3 atom stereocenters. The van der Waals surface area contributed by atoms with Gasteiger partial charge < -0.3 is 20.1 Å². The van der Waals surface area contributed by atoms with Crippen molar-refractivity contribution in [3.05, 3.63) is 108 Å². The van der Waals surface area contributed by atoms with Crippen LogP contribution < -0.4 is 10.6 Å². The molecule has 208 valence electrons. The minimum absolute atomic E-state index is 0.0827. The molecule has 1 aliphatic heterocycles.